The van der Waals surface area contributed by atoms with Gasteiger partial charge in [-0.25, -0.2) is 0 Å². The third kappa shape index (κ3) is 4.21. The maximum atomic E-state index is 11.8. The maximum Gasteiger partial charge on any atom is 0.238 e. The number of hydrogen-bond donors (Lipinski definition) is 2. The lowest BCUT2D eigenvalue weighted by Crippen LogP contribution is -2.40. The molecule has 1 saturated heterocycles. The van der Waals surface area contributed by atoms with Crippen molar-refractivity contribution in [1.29, 1.82) is 0 Å². The van der Waals surface area contributed by atoms with Crippen LogP contribution in [0.5, 0.6) is 5.75 Å². The summed E-state index contributed by atoms with van der Waals surface area (Å²) in [5.41, 5.74) is 0.607. The highest BCUT2D eigenvalue weighted by atomic mass is 16.5. The van der Waals surface area contributed by atoms with Crippen molar-refractivity contribution in [3.8, 4) is 5.75 Å². The molecule has 1 unspecified atom stereocenters. The molecule has 5 heteroatoms. The summed E-state index contributed by atoms with van der Waals surface area (Å²) in [5, 5.41) is 5.98. The van der Waals surface area contributed by atoms with E-state index < -0.39 is 0 Å². The summed E-state index contributed by atoms with van der Waals surface area (Å²) in [5.74, 6) is 0.655. The molecule has 20 heavy (non-hydrogen) atoms. The number of nitrogens with one attached hydrogen (secondary N) is 2. The van der Waals surface area contributed by atoms with Crippen LogP contribution in [0.2, 0.25) is 0 Å². The number of benzene rings is 1. The van der Waals surface area contributed by atoms with Crippen LogP contribution in [0, 0.1) is 0 Å². The lowest BCUT2D eigenvalue weighted by atomic mass is 10.0. The van der Waals surface area contributed by atoms with Crippen molar-refractivity contribution >= 4 is 11.6 Å². The van der Waals surface area contributed by atoms with Gasteiger partial charge < -0.3 is 20.1 Å². The number of amides is 1. The van der Waals surface area contributed by atoms with Gasteiger partial charge in [-0.2, -0.15) is 0 Å². The number of ether oxygens (including phenoxy) is 2. The van der Waals surface area contributed by atoms with Gasteiger partial charge in [0.2, 0.25) is 5.91 Å². The van der Waals surface area contributed by atoms with Gasteiger partial charge in [0.25, 0.3) is 0 Å². The van der Waals surface area contributed by atoms with E-state index in [-0.39, 0.29) is 18.1 Å². The van der Waals surface area contributed by atoms with Crippen molar-refractivity contribution in [3.63, 3.8) is 0 Å². The van der Waals surface area contributed by atoms with E-state index >= 15 is 0 Å². The van der Waals surface area contributed by atoms with Crippen LogP contribution >= 0.6 is 0 Å². The van der Waals surface area contributed by atoms with Crippen molar-refractivity contribution < 1.29 is 14.3 Å². The Bertz CT molecular complexity index is 456. The normalized spacial score (nSPS) is 21.7. The van der Waals surface area contributed by atoms with E-state index in [0.29, 0.717) is 6.54 Å². The van der Waals surface area contributed by atoms with E-state index in [1.54, 1.807) is 13.2 Å². The average Bonchev–Trinajstić information content (AvgIpc) is 2.86. The van der Waals surface area contributed by atoms with Gasteiger partial charge in [-0.3, -0.25) is 4.79 Å². The third-order valence-corrected chi connectivity index (χ3v) is 3.44. The van der Waals surface area contributed by atoms with Gasteiger partial charge >= 0.3 is 0 Å². The molecule has 0 aliphatic carbocycles. The molecule has 0 saturated carbocycles. The Morgan fingerprint density at radius 1 is 1.50 bits per heavy atom. The first-order chi connectivity index (χ1) is 9.61. The van der Waals surface area contributed by atoms with E-state index in [0.717, 1.165) is 30.9 Å². The molecule has 1 aromatic rings. The summed E-state index contributed by atoms with van der Waals surface area (Å²) in [6.45, 7) is 3.86. The Labute approximate surface area is 119 Å². The number of rotatable bonds is 6. The number of anilines is 1. The minimum absolute atomic E-state index is 0.0696. The van der Waals surface area contributed by atoms with E-state index in [2.05, 4.69) is 17.6 Å². The van der Waals surface area contributed by atoms with Crippen LogP contribution in [0.25, 0.3) is 0 Å². The Balaban J connectivity index is 1.74. The third-order valence-electron chi connectivity index (χ3n) is 3.44. The Morgan fingerprint density at radius 2 is 2.35 bits per heavy atom. The smallest absolute Gasteiger partial charge is 0.238 e. The molecule has 1 aliphatic rings. The second-order valence-corrected chi connectivity index (χ2v) is 5.29. The molecule has 0 aromatic heterocycles. The molecule has 2 N–H and O–H groups in total. The Hall–Kier alpha value is -1.59. The second-order valence-electron chi connectivity index (χ2n) is 5.29. The van der Waals surface area contributed by atoms with Gasteiger partial charge in [0.05, 0.1) is 19.3 Å². The largest absolute Gasteiger partial charge is 0.497 e. The Kier molecular flexibility index (Phi) is 4.98. The molecule has 0 radical (unpaired) electrons. The molecule has 1 atom stereocenters. The maximum absolute atomic E-state index is 11.8. The van der Waals surface area contributed by atoms with Crippen LogP contribution in [-0.4, -0.2) is 38.3 Å². The van der Waals surface area contributed by atoms with Crippen LogP contribution in [0.4, 0.5) is 5.69 Å². The molecular formula is C15H22N2O3. The predicted octanol–water partition coefficient (Wildman–Crippen LogP) is 1.79. The van der Waals surface area contributed by atoms with Crippen LogP contribution in [-0.2, 0) is 9.53 Å². The van der Waals surface area contributed by atoms with Crippen LogP contribution in [0.1, 0.15) is 19.8 Å². The highest BCUT2D eigenvalue weighted by molar-refractivity contribution is 5.92. The first kappa shape index (κ1) is 14.8. The number of methoxy groups -OCH3 is 1. The molecule has 0 spiro atoms. The predicted molar refractivity (Wildman–Crippen MR) is 78.1 cm³/mol. The molecule has 1 aliphatic heterocycles. The fraction of sp³-hybridized carbons (Fsp3) is 0.533. The highest BCUT2D eigenvalue weighted by Gasteiger charge is 2.29. The van der Waals surface area contributed by atoms with Crippen LogP contribution in [0.15, 0.2) is 24.3 Å². The molecule has 1 fully saturated rings. The summed E-state index contributed by atoms with van der Waals surface area (Å²) in [6, 6.07) is 7.31. The molecule has 5 nitrogen and oxygen atoms in total. The lowest BCUT2D eigenvalue weighted by Gasteiger charge is -2.23. The monoisotopic (exact) mass is 278 g/mol. The Morgan fingerprint density at radius 3 is 3.05 bits per heavy atom. The van der Waals surface area contributed by atoms with Crippen molar-refractivity contribution in [2.24, 2.45) is 0 Å². The number of hydrogen-bond acceptors (Lipinski definition) is 4. The van der Waals surface area contributed by atoms with E-state index in [4.69, 9.17) is 9.47 Å². The van der Waals surface area contributed by atoms with E-state index in [1.807, 2.05) is 18.2 Å². The molecule has 1 heterocycles. The molecule has 0 bridgehead atoms. The summed E-state index contributed by atoms with van der Waals surface area (Å²) < 4.78 is 10.8. The summed E-state index contributed by atoms with van der Waals surface area (Å²) in [4.78, 5) is 11.8. The molecule has 110 valence electrons. The lowest BCUT2D eigenvalue weighted by molar-refractivity contribution is -0.115. The van der Waals surface area contributed by atoms with Crippen LogP contribution in [0.3, 0.4) is 0 Å². The van der Waals surface area contributed by atoms with Crippen molar-refractivity contribution in [2.75, 3.05) is 32.1 Å². The fourth-order valence-electron chi connectivity index (χ4n) is 2.32. The molecular weight excluding hydrogens is 256 g/mol. The summed E-state index contributed by atoms with van der Waals surface area (Å²) >= 11 is 0. The van der Waals surface area contributed by atoms with E-state index in [1.165, 1.54) is 0 Å². The minimum atomic E-state index is -0.129. The summed E-state index contributed by atoms with van der Waals surface area (Å²) in [6.07, 6.45) is 2.13. The summed E-state index contributed by atoms with van der Waals surface area (Å²) in [7, 11) is 1.60. The van der Waals surface area contributed by atoms with E-state index in [9.17, 15) is 4.79 Å². The van der Waals surface area contributed by atoms with Gasteiger partial charge in [-0.1, -0.05) is 6.07 Å². The quantitative estimate of drug-likeness (QED) is 0.833. The van der Waals surface area contributed by atoms with Gasteiger partial charge in [-0.05, 0) is 31.9 Å². The van der Waals surface area contributed by atoms with Crippen molar-refractivity contribution in [2.45, 2.75) is 25.4 Å². The average molecular weight is 278 g/mol. The van der Waals surface area contributed by atoms with Crippen molar-refractivity contribution in [3.05, 3.63) is 24.3 Å². The zero-order valence-corrected chi connectivity index (χ0v) is 12.1. The number of carbonyl (C=O) groups excluding carboxylic acids is 1. The van der Waals surface area contributed by atoms with Gasteiger partial charge in [0.15, 0.2) is 0 Å². The standard InChI is InChI=1S/C15H22N2O3/c1-15(7-4-8-20-15)11-16-10-14(18)17-12-5-3-6-13(9-12)19-2/h3,5-6,9,16H,4,7-8,10-11H2,1-2H3,(H,17,18). The zero-order chi connectivity index (χ0) is 14.4. The first-order valence-electron chi connectivity index (χ1n) is 6.90. The van der Waals surface area contributed by atoms with Gasteiger partial charge in [-0.15, -0.1) is 0 Å². The van der Waals surface area contributed by atoms with Gasteiger partial charge in [0.1, 0.15) is 5.75 Å². The SMILES string of the molecule is COc1cccc(NC(=O)CNCC2(C)CCCO2)c1. The molecule has 2 rings (SSSR count). The van der Waals surface area contributed by atoms with Crippen LogP contribution < -0.4 is 15.4 Å². The second kappa shape index (κ2) is 6.72. The minimum Gasteiger partial charge on any atom is -0.497 e. The fourth-order valence-corrected chi connectivity index (χ4v) is 2.32. The molecule has 1 aromatic carbocycles. The zero-order valence-electron chi connectivity index (χ0n) is 12.1. The number of carbonyl (C=O) groups is 1. The van der Waals surface area contributed by atoms with Gasteiger partial charge in [0, 0.05) is 24.9 Å². The highest BCUT2D eigenvalue weighted by Crippen LogP contribution is 2.23. The van der Waals surface area contributed by atoms with Crippen molar-refractivity contribution in [1.82, 2.24) is 5.32 Å². The topological polar surface area (TPSA) is 59.6 Å². The molecule has 1 amide bonds. The first-order valence-corrected chi connectivity index (χ1v) is 6.90.